The summed E-state index contributed by atoms with van der Waals surface area (Å²) in [7, 11) is 0. The van der Waals surface area contributed by atoms with Crippen molar-refractivity contribution in [2.75, 3.05) is 26.4 Å². The zero-order chi connectivity index (χ0) is 12.1. The Bertz CT molecular complexity index is 128. The Morgan fingerprint density at radius 2 is 1.75 bits per heavy atom. The number of aliphatic hydroxyl groups excluding tert-OH is 1. The molecule has 0 rings (SSSR count). The lowest BCUT2D eigenvalue weighted by Crippen LogP contribution is -2.17. The molecule has 0 aliphatic rings. The number of aliphatic hydroxyl groups is 1. The van der Waals surface area contributed by atoms with Gasteiger partial charge in [-0.15, -0.1) is 0 Å². The summed E-state index contributed by atoms with van der Waals surface area (Å²) < 4.78 is 10.9. The molecule has 0 aromatic heterocycles. The second kappa shape index (κ2) is 12.9. The standard InChI is InChI=1S/C13H28O3/c1-3-5-6-8-13(7-4-2)16-12-11-15-10-9-14/h13-14H,3-12H2,1-2H3. The van der Waals surface area contributed by atoms with Gasteiger partial charge in [0.1, 0.15) is 0 Å². The largest absolute Gasteiger partial charge is 0.394 e. The van der Waals surface area contributed by atoms with Crippen LogP contribution >= 0.6 is 0 Å². The van der Waals surface area contributed by atoms with E-state index in [9.17, 15) is 0 Å². The second-order valence-electron chi connectivity index (χ2n) is 4.11. The monoisotopic (exact) mass is 232 g/mol. The first-order chi connectivity index (χ1) is 7.85. The number of hydrogen-bond acceptors (Lipinski definition) is 3. The Balaban J connectivity index is 3.43. The highest BCUT2D eigenvalue weighted by Crippen LogP contribution is 2.11. The molecule has 0 aliphatic heterocycles. The molecule has 0 bridgehead atoms. The predicted molar refractivity (Wildman–Crippen MR) is 66.7 cm³/mol. The van der Waals surface area contributed by atoms with Crippen LogP contribution in [0, 0.1) is 0 Å². The second-order valence-corrected chi connectivity index (χ2v) is 4.11. The van der Waals surface area contributed by atoms with Crippen LogP contribution in [0.5, 0.6) is 0 Å². The van der Waals surface area contributed by atoms with Crippen LogP contribution in [0.25, 0.3) is 0 Å². The summed E-state index contributed by atoms with van der Waals surface area (Å²) in [5.74, 6) is 0. The summed E-state index contributed by atoms with van der Waals surface area (Å²) >= 11 is 0. The maximum Gasteiger partial charge on any atom is 0.0704 e. The van der Waals surface area contributed by atoms with E-state index in [0.29, 0.717) is 25.9 Å². The van der Waals surface area contributed by atoms with Crippen LogP contribution in [0.3, 0.4) is 0 Å². The molecule has 0 aromatic rings. The van der Waals surface area contributed by atoms with E-state index < -0.39 is 0 Å². The summed E-state index contributed by atoms with van der Waals surface area (Å²) in [5.41, 5.74) is 0. The molecule has 0 aromatic carbocycles. The van der Waals surface area contributed by atoms with E-state index >= 15 is 0 Å². The van der Waals surface area contributed by atoms with Gasteiger partial charge in [-0.2, -0.15) is 0 Å². The molecular weight excluding hydrogens is 204 g/mol. The first-order valence-corrected chi connectivity index (χ1v) is 6.65. The zero-order valence-corrected chi connectivity index (χ0v) is 10.9. The highest BCUT2D eigenvalue weighted by Gasteiger charge is 2.07. The van der Waals surface area contributed by atoms with Crippen molar-refractivity contribution >= 4 is 0 Å². The van der Waals surface area contributed by atoms with Crippen LogP contribution in [0.4, 0.5) is 0 Å². The lowest BCUT2D eigenvalue weighted by atomic mass is 10.1. The maximum absolute atomic E-state index is 8.54. The Labute approximate surface area is 100 Å². The molecule has 1 N–H and O–H groups in total. The lowest BCUT2D eigenvalue weighted by molar-refractivity contribution is -0.00937. The molecule has 0 heterocycles. The molecule has 0 radical (unpaired) electrons. The Kier molecular flexibility index (Phi) is 12.9. The molecule has 3 heteroatoms. The van der Waals surface area contributed by atoms with E-state index in [1.807, 2.05) is 0 Å². The van der Waals surface area contributed by atoms with Gasteiger partial charge in [-0.1, -0.05) is 39.5 Å². The third-order valence-corrected chi connectivity index (χ3v) is 2.56. The highest BCUT2D eigenvalue weighted by molar-refractivity contribution is 4.57. The van der Waals surface area contributed by atoms with E-state index in [-0.39, 0.29) is 6.61 Å². The van der Waals surface area contributed by atoms with Gasteiger partial charge < -0.3 is 14.6 Å². The van der Waals surface area contributed by atoms with Gasteiger partial charge in [0, 0.05) is 0 Å². The van der Waals surface area contributed by atoms with Gasteiger partial charge in [-0.3, -0.25) is 0 Å². The van der Waals surface area contributed by atoms with Crippen molar-refractivity contribution in [1.29, 1.82) is 0 Å². The van der Waals surface area contributed by atoms with Crippen LogP contribution in [-0.2, 0) is 9.47 Å². The average Bonchev–Trinajstić information content (AvgIpc) is 2.29. The van der Waals surface area contributed by atoms with Crippen molar-refractivity contribution in [3.8, 4) is 0 Å². The van der Waals surface area contributed by atoms with Gasteiger partial charge in [0.25, 0.3) is 0 Å². The third kappa shape index (κ3) is 10.4. The van der Waals surface area contributed by atoms with Gasteiger partial charge in [0.2, 0.25) is 0 Å². The van der Waals surface area contributed by atoms with Crippen molar-refractivity contribution in [1.82, 2.24) is 0 Å². The minimum absolute atomic E-state index is 0.0922. The van der Waals surface area contributed by atoms with Crippen molar-refractivity contribution in [2.24, 2.45) is 0 Å². The van der Waals surface area contributed by atoms with Crippen molar-refractivity contribution in [3.63, 3.8) is 0 Å². The van der Waals surface area contributed by atoms with Gasteiger partial charge in [0.05, 0.1) is 32.5 Å². The highest BCUT2D eigenvalue weighted by atomic mass is 16.5. The molecular formula is C13H28O3. The first kappa shape index (κ1) is 15.9. The quantitative estimate of drug-likeness (QED) is 0.526. The number of rotatable bonds is 12. The fraction of sp³-hybridized carbons (Fsp3) is 1.00. The lowest BCUT2D eigenvalue weighted by Gasteiger charge is -2.17. The minimum atomic E-state index is 0.0922. The SMILES string of the molecule is CCCCCC(CCC)OCCOCCO. The molecule has 1 atom stereocenters. The van der Waals surface area contributed by atoms with Crippen LogP contribution in [0.15, 0.2) is 0 Å². The molecule has 0 amide bonds. The Morgan fingerprint density at radius 3 is 2.38 bits per heavy atom. The van der Waals surface area contributed by atoms with E-state index in [2.05, 4.69) is 13.8 Å². The maximum atomic E-state index is 8.54. The Hall–Kier alpha value is -0.120. The van der Waals surface area contributed by atoms with Crippen LogP contribution < -0.4 is 0 Å². The van der Waals surface area contributed by atoms with E-state index in [4.69, 9.17) is 14.6 Å². The predicted octanol–water partition coefficient (Wildman–Crippen LogP) is 2.76. The van der Waals surface area contributed by atoms with E-state index in [1.165, 1.54) is 32.1 Å². The van der Waals surface area contributed by atoms with Gasteiger partial charge in [0.15, 0.2) is 0 Å². The van der Waals surface area contributed by atoms with Gasteiger partial charge >= 0.3 is 0 Å². The summed E-state index contributed by atoms with van der Waals surface area (Å²) in [4.78, 5) is 0. The van der Waals surface area contributed by atoms with E-state index in [0.717, 1.165) is 6.42 Å². The van der Waals surface area contributed by atoms with Gasteiger partial charge in [-0.05, 0) is 12.8 Å². The molecule has 0 aliphatic carbocycles. The molecule has 0 saturated carbocycles. The first-order valence-electron chi connectivity index (χ1n) is 6.65. The molecule has 3 nitrogen and oxygen atoms in total. The molecule has 0 spiro atoms. The topological polar surface area (TPSA) is 38.7 Å². The smallest absolute Gasteiger partial charge is 0.0704 e. The molecule has 1 unspecified atom stereocenters. The number of hydrogen-bond donors (Lipinski definition) is 1. The zero-order valence-electron chi connectivity index (χ0n) is 10.9. The average molecular weight is 232 g/mol. The summed E-state index contributed by atoms with van der Waals surface area (Å²) in [6.45, 7) is 6.16. The Morgan fingerprint density at radius 1 is 0.938 bits per heavy atom. The van der Waals surface area contributed by atoms with E-state index in [1.54, 1.807) is 0 Å². The van der Waals surface area contributed by atoms with Crippen molar-refractivity contribution in [2.45, 2.75) is 58.5 Å². The molecule has 0 fully saturated rings. The van der Waals surface area contributed by atoms with Crippen molar-refractivity contribution < 1.29 is 14.6 Å². The normalized spacial score (nSPS) is 12.9. The summed E-state index contributed by atoms with van der Waals surface area (Å²) in [5, 5.41) is 8.54. The van der Waals surface area contributed by atoms with Crippen LogP contribution in [0.1, 0.15) is 52.4 Å². The van der Waals surface area contributed by atoms with Crippen LogP contribution in [0.2, 0.25) is 0 Å². The molecule has 0 saturated heterocycles. The fourth-order valence-corrected chi connectivity index (χ4v) is 1.70. The summed E-state index contributed by atoms with van der Waals surface area (Å²) in [6.07, 6.45) is 7.70. The molecule has 98 valence electrons. The van der Waals surface area contributed by atoms with Gasteiger partial charge in [-0.25, -0.2) is 0 Å². The van der Waals surface area contributed by atoms with Crippen LogP contribution in [-0.4, -0.2) is 37.6 Å². The third-order valence-electron chi connectivity index (χ3n) is 2.56. The molecule has 16 heavy (non-hydrogen) atoms. The number of unbranched alkanes of at least 4 members (excludes halogenated alkanes) is 2. The fourth-order valence-electron chi connectivity index (χ4n) is 1.70. The minimum Gasteiger partial charge on any atom is -0.394 e. The van der Waals surface area contributed by atoms with Crippen molar-refractivity contribution in [3.05, 3.63) is 0 Å². The number of ether oxygens (including phenoxy) is 2. The summed E-state index contributed by atoms with van der Waals surface area (Å²) in [6, 6.07) is 0.